The number of hydrogen-bond donors (Lipinski definition) is 4. The van der Waals surface area contributed by atoms with Crippen molar-refractivity contribution in [3.8, 4) is 0 Å². The highest BCUT2D eigenvalue weighted by Gasteiger charge is 2.35. The molecular formula is C23H40N4O2. The summed E-state index contributed by atoms with van der Waals surface area (Å²) in [5.74, 6) is 0.801. The number of nitrogens with one attached hydrogen (secondary N) is 3. The summed E-state index contributed by atoms with van der Waals surface area (Å²) in [5.41, 5.74) is 1.28. The molecule has 1 fully saturated rings. The van der Waals surface area contributed by atoms with Gasteiger partial charge in [-0.2, -0.15) is 0 Å². The molecule has 0 radical (unpaired) electrons. The van der Waals surface area contributed by atoms with E-state index in [1.165, 1.54) is 5.56 Å². The predicted octanol–water partition coefficient (Wildman–Crippen LogP) is 2.85. The van der Waals surface area contributed by atoms with E-state index >= 15 is 0 Å². The van der Waals surface area contributed by atoms with Crippen molar-refractivity contribution in [1.29, 1.82) is 0 Å². The van der Waals surface area contributed by atoms with Gasteiger partial charge in [-0.25, -0.2) is 0 Å². The lowest BCUT2D eigenvalue weighted by Crippen LogP contribution is -2.55. The van der Waals surface area contributed by atoms with Crippen LogP contribution in [0.1, 0.15) is 58.1 Å². The van der Waals surface area contributed by atoms with E-state index in [1.807, 2.05) is 0 Å². The number of ether oxygens (including phenoxy) is 1. The molecule has 0 aliphatic carbocycles. The van der Waals surface area contributed by atoms with Gasteiger partial charge in [0.2, 0.25) is 0 Å². The topological polar surface area (TPSA) is 77.9 Å². The molecular weight excluding hydrogens is 364 g/mol. The van der Waals surface area contributed by atoms with Crippen LogP contribution in [0.15, 0.2) is 35.3 Å². The summed E-state index contributed by atoms with van der Waals surface area (Å²) in [7, 11) is 1.80. The minimum absolute atomic E-state index is 0.000948. The highest BCUT2D eigenvalue weighted by atomic mass is 16.5. The van der Waals surface area contributed by atoms with Crippen molar-refractivity contribution in [1.82, 2.24) is 16.0 Å². The van der Waals surface area contributed by atoms with Crippen molar-refractivity contribution >= 4 is 5.96 Å². The first-order valence-electron chi connectivity index (χ1n) is 11.0. The van der Waals surface area contributed by atoms with Crippen molar-refractivity contribution < 1.29 is 9.84 Å². The van der Waals surface area contributed by atoms with Gasteiger partial charge in [0.05, 0.1) is 6.61 Å². The third-order valence-electron chi connectivity index (χ3n) is 6.45. The summed E-state index contributed by atoms with van der Waals surface area (Å²) in [4.78, 5) is 4.41. The molecule has 164 valence electrons. The van der Waals surface area contributed by atoms with Gasteiger partial charge >= 0.3 is 0 Å². The summed E-state index contributed by atoms with van der Waals surface area (Å²) in [6.07, 6.45) is 3.77. The van der Waals surface area contributed by atoms with E-state index in [-0.39, 0.29) is 23.6 Å². The molecule has 1 saturated heterocycles. The molecule has 1 aliphatic heterocycles. The summed E-state index contributed by atoms with van der Waals surface area (Å²) in [6.45, 7) is 9.89. The number of aliphatic hydroxyl groups excluding tert-OH is 1. The van der Waals surface area contributed by atoms with Crippen LogP contribution in [0, 0.1) is 5.41 Å². The predicted molar refractivity (Wildman–Crippen MR) is 120 cm³/mol. The largest absolute Gasteiger partial charge is 0.396 e. The third-order valence-corrected chi connectivity index (χ3v) is 6.45. The first kappa shape index (κ1) is 23.6. The molecule has 1 aromatic carbocycles. The molecule has 6 heteroatoms. The van der Waals surface area contributed by atoms with Gasteiger partial charge in [0.15, 0.2) is 5.96 Å². The highest BCUT2D eigenvalue weighted by Crippen LogP contribution is 2.31. The lowest BCUT2D eigenvalue weighted by molar-refractivity contribution is 0.127. The number of benzene rings is 1. The Morgan fingerprint density at radius 1 is 1.24 bits per heavy atom. The molecule has 2 rings (SSSR count). The first-order chi connectivity index (χ1) is 14.0. The Kier molecular flexibility index (Phi) is 9.40. The number of hydrogen-bond acceptors (Lipinski definition) is 4. The van der Waals surface area contributed by atoms with Crippen LogP contribution in [0.25, 0.3) is 0 Å². The Hall–Kier alpha value is -1.63. The lowest BCUT2D eigenvalue weighted by atomic mass is 9.84. The van der Waals surface area contributed by atoms with E-state index < -0.39 is 0 Å². The van der Waals surface area contributed by atoms with Crippen LogP contribution in [0.5, 0.6) is 0 Å². The van der Waals surface area contributed by atoms with Crippen molar-refractivity contribution in [2.75, 3.05) is 40.0 Å². The maximum Gasteiger partial charge on any atom is 0.191 e. The van der Waals surface area contributed by atoms with Gasteiger partial charge < -0.3 is 25.8 Å². The van der Waals surface area contributed by atoms with E-state index in [0.29, 0.717) is 6.61 Å². The fourth-order valence-electron chi connectivity index (χ4n) is 4.10. The standard InChI is InChI=1S/C23H40N4O2/c1-5-23(6-2,27-19(3)20-10-8-7-9-11-20)17-26-21(24-4)25-16-22(12-14-28)13-15-29-18-22/h7-11,19,27-28H,5-6,12-18H2,1-4H3,(H2,24,25,26). The molecule has 0 amide bonds. The Morgan fingerprint density at radius 2 is 1.97 bits per heavy atom. The molecule has 0 aromatic heterocycles. The number of aliphatic imine (C=N–C) groups is 1. The van der Waals surface area contributed by atoms with Gasteiger partial charge in [-0.05, 0) is 38.2 Å². The normalized spacial score (nSPS) is 21.2. The molecule has 0 bridgehead atoms. The second-order valence-corrected chi connectivity index (χ2v) is 8.32. The monoisotopic (exact) mass is 404 g/mol. The number of aliphatic hydroxyl groups is 1. The molecule has 4 N–H and O–H groups in total. The first-order valence-corrected chi connectivity index (χ1v) is 11.0. The van der Waals surface area contributed by atoms with E-state index in [1.54, 1.807) is 7.05 Å². The zero-order valence-electron chi connectivity index (χ0n) is 18.6. The second kappa shape index (κ2) is 11.5. The summed E-state index contributed by atoms with van der Waals surface area (Å²) in [6, 6.07) is 10.9. The highest BCUT2D eigenvalue weighted by molar-refractivity contribution is 5.79. The minimum Gasteiger partial charge on any atom is -0.396 e. The molecule has 6 nitrogen and oxygen atoms in total. The van der Waals surface area contributed by atoms with Crippen LogP contribution in [0.4, 0.5) is 0 Å². The van der Waals surface area contributed by atoms with E-state index in [4.69, 9.17) is 4.74 Å². The van der Waals surface area contributed by atoms with Crippen LogP contribution < -0.4 is 16.0 Å². The molecule has 1 aromatic rings. The average molecular weight is 405 g/mol. The molecule has 29 heavy (non-hydrogen) atoms. The molecule has 0 spiro atoms. The van der Waals surface area contributed by atoms with Gasteiger partial charge in [0.25, 0.3) is 0 Å². The lowest BCUT2D eigenvalue weighted by Gasteiger charge is -2.37. The zero-order chi connectivity index (χ0) is 21.2. The maximum absolute atomic E-state index is 9.43. The van der Waals surface area contributed by atoms with Crippen LogP contribution in [0.2, 0.25) is 0 Å². The second-order valence-electron chi connectivity index (χ2n) is 8.32. The van der Waals surface area contributed by atoms with Gasteiger partial charge in [-0.3, -0.25) is 4.99 Å². The molecule has 2 unspecified atom stereocenters. The molecule has 1 heterocycles. The van der Waals surface area contributed by atoms with Crippen LogP contribution >= 0.6 is 0 Å². The Balaban J connectivity index is 1.94. The van der Waals surface area contributed by atoms with E-state index in [2.05, 4.69) is 72.0 Å². The van der Waals surface area contributed by atoms with Crippen LogP contribution in [-0.4, -0.2) is 56.6 Å². The van der Waals surface area contributed by atoms with Crippen LogP contribution in [-0.2, 0) is 4.74 Å². The summed E-state index contributed by atoms with van der Waals surface area (Å²) in [5, 5.41) is 20.3. The number of rotatable bonds is 11. The van der Waals surface area contributed by atoms with Crippen molar-refractivity contribution in [2.24, 2.45) is 10.4 Å². The smallest absolute Gasteiger partial charge is 0.191 e. The summed E-state index contributed by atoms with van der Waals surface area (Å²) < 4.78 is 5.59. The quantitative estimate of drug-likeness (QED) is 0.337. The fraction of sp³-hybridized carbons (Fsp3) is 0.696. The maximum atomic E-state index is 9.43. The zero-order valence-corrected chi connectivity index (χ0v) is 18.6. The van der Waals surface area contributed by atoms with Crippen molar-refractivity contribution in [3.05, 3.63) is 35.9 Å². The van der Waals surface area contributed by atoms with Gasteiger partial charge in [0.1, 0.15) is 0 Å². The van der Waals surface area contributed by atoms with Crippen molar-refractivity contribution in [3.63, 3.8) is 0 Å². The van der Waals surface area contributed by atoms with Crippen LogP contribution in [0.3, 0.4) is 0 Å². The average Bonchev–Trinajstić information content (AvgIpc) is 3.22. The molecule has 0 saturated carbocycles. The summed E-state index contributed by atoms with van der Waals surface area (Å²) >= 11 is 0. The van der Waals surface area contributed by atoms with E-state index in [0.717, 1.165) is 51.3 Å². The molecule has 2 atom stereocenters. The van der Waals surface area contributed by atoms with Gasteiger partial charge in [0, 0.05) is 50.3 Å². The SMILES string of the molecule is CCC(CC)(CNC(=NC)NCC1(CCO)CCOC1)NC(C)c1ccccc1. The van der Waals surface area contributed by atoms with Gasteiger partial charge in [-0.1, -0.05) is 44.2 Å². The Morgan fingerprint density at radius 3 is 2.52 bits per heavy atom. The number of guanidine groups is 1. The Bertz CT molecular complexity index is 611. The van der Waals surface area contributed by atoms with Gasteiger partial charge in [-0.15, -0.1) is 0 Å². The minimum atomic E-state index is -0.0217. The molecule has 1 aliphatic rings. The Labute approximate surface area is 176 Å². The fourth-order valence-corrected chi connectivity index (χ4v) is 4.10. The van der Waals surface area contributed by atoms with E-state index in [9.17, 15) is 5.11 Å². The third kappa shape index (κ3) is 6.69. The van der Waals surface area contributed by atoms with Crippen molar-refractivity contribution in [2.45, 2.75) is 58.0 Å². The number of nitrogens with zero attached hydrogens (tertiary/aromatic N) is 1.